The lowest BCUT2D eigenvalue weighted by Gasteiger charge is -2.11. The van der Waals surface area contributed by atoms with Gasteiger partial charge in [0.25, 0.3) is 0 Å². The molecule has 5 nitrogen and oxygen atoms in total. The standard InChI is InChI=1S/C18H17N3O2/c1-10-6-11(2)16(12(3)7-10)18-20-9-19-17(21-18)14-5-4-13(22)8-15(14)23/h4-9,22-23H,1-3H3. The molecule has 116 valence electrons. The van der Waals surface area contributed by atoms with Crippen LogP contribution >= 0.6 is 0 Å². The molecule has 5 heteroatoms. The molecule has 0 saturated carbocycles. The van der Waals surface area contributed by atoms with Gasteiger partial charge >= 0.3 is 0 Å². The fraction of sp³-hybridized carbons (Fsp3) is 0.167. The number of hydrogen-bond acceptors (Lipinski definition) is 5. The Labute approximate surface area is 134 Å². The molecule has 3 rings (SSSR count). The van der Waals surface area contributed by atoms with Crippen LogP contribution in [-0.2, 0) is 0 Å². The molecule has 0 amide bonds. The van der Waals surface area contributed by atoms with E-state index in [-0.39, 0.29) is 11.5 Å². The number of aromatic nitrogens is 3. The smallest absolute Gasteiger partial charge is 0.167 e. The van der Waals surface area contributed by atoms with Crippen LogP contribution in [0.15, 0.2) is 36.7 Å². The second-order valence-corrected chi connectivity index (χ2v) is 5.61. The zero-order valence-electron chi connectivity index (χ0n) is 13.2. The number of hydrogen-bond donors (Lipinski definition) is 2. The van der Waals surface area contributed by atoms with E-state index in [0.717, 1.165) is 16.7 Å². The van der Waals surface area contributed by atoms with Crippen molar-refractivity contribution >= 4 is 0 Å². The minimum Gasteiger partial charge on any atom is -0.508 e. The molecule has 0 fully saturated rings. The van der Waals surface area contributed by atoms with Gasteiger partial charge in [-0.1, -0.05) is 17.7 Å². The van der Waals surface area contributed by atoms with Crippen molar-refractivity contribution in [3.63, 3.8) is 0 Å². The fourth-order valence-electron chi connectivity index (χ4n) is 2.79. The van der Waals surface area contributed by atoms with E-state index >= 15 is 0 Å². The van der Waals surface area contributed by atoms with E-state index in [1.807, 2.05) is 13.8 Å². The second kappa shape index (κ2) is 5.68. The van der Waals surface area contributed by atoms with Gasteiger partial charge in [-0.25, -0.2) is 15.0 Å². The topological polar surface area (TPSA) is 79.1 Å². The summed E-state index contributed by atoms with van der Waals surface area (Å²) in [5, 5.41) is 19.4. The highest BCUT2D eigenvalue weighted by Crippen LogP contribution is 2.31. The SMILES string of the molecule is Cc1cc(C)c(-c2ncnc(-c3ccc(O)cc3O)n2)c(C)c1. The van der Waals surface area contributed by atoms with Crippen molar-refractivity contribution in [3.05, 3.63) is 53.3 Å². The van der Waals surface area contributed by atoms with Gasteiger partial charge in [0.2, 0.25) is 0 Å². The van der Waals surface area contributed by atoms with Crippen molar-refractivity contribution in [1.82, 2.24) is 15.0 Å². The molecular weight excluding hydrogens is 290 g/mol. The molecule has 0 saturated heterocycles. The van der Waals surface area contributed by atoms with Gasteiger partial charge in [-0.15, -0.1) is 0 Å². The number of benzene rings is 2. The van der Waals surface area contributed by atoms with Gasteiger partial charge in [0.1, 0.15) is 17.8 Å². The van der Waals surface area contributed by atoms with Crippen molar-refractivity contribution < 1.29 is 10.2 Å². The third kappa shape index (κ3) is 2.85. The molecule has 0 aliphatic rings. The quantitative estimate of drug-likeness (QED) is 0.757. The predicted molar refractivity (Wildman–Crippen MR) is 88.2 cm³/mol. The number of rotatable bonds is 2. The molecule has 2 aromatic carbocycles. The van der Waals surface area contributed by atoms with Crippen molar-refractivity contribution in [1.29, 1.82) is 0 Å². The summed E-state index contributed by atoms with van der Waals surface area (Å²) in [5.74, 6) is 0.856. The Morgan fingerprint density at radius 3 is 2.13 bits per heavy atom. The minimum atomic E-state index is -0.0699. The third-order valence-electron chi connectivity index (χ3n) is 3.69. The van der Waals surface area contributed by atoms with E-state index in [1.165, 1.54) is 24.0 Å². The van der Waals surface area contributed by atoms with Crippen molar-refractivity contribution in [3.8, 4) is 34.3 Å². The molecule has 0 unspecified atom stereocenters. The molecule has 1 heterocycles. The summed E-state index contributed by atoms with van der Waals surface area (Å²) in [6, 6.07) is 8.51. The zero-order valence-corrected chi connectivity index (χ0v) is 13.2. The van der Waals surface area contributed by atoms with Crippen LogP contribution in [0.4, 0.5) is 0 Å². The summed E-state index contributed by atoms with van der Waals surface area (Å²) < 4.78 is 0. The van der Waals surface area contributed by atoms with Crippen LogP contribution < -0.4 is 0 Å². The molecule has 1 aromatic heterocycles. The lowest BCUT2D eigenvalue weighted by atomic mass is 9.99. The Bertz CT molecular complexity index is 868. The monoisotopic (exact) mass is 307 g/mol. The molecule has 0 radical (unpaired) electrons. The predicted octanol–water partition coefficient (Wildman–Crippen LogP) is 3.54. The minimum absolute atomic E-state index is 0.00856. The maximum Gasteiger partial charge on any atom is 0.167 e. The van der Waals surface area contributed by atoms with E-state index in [4.69, 9.17) is 0 Å². The van der Waals surface area contributed by atoms with Crippen LogP contribution in [0.5, 0.6) is 11.5 Å². The van der Waals surface area contributed by atoms with E-state index in [2.05, 4.69) is 34.0 Å². The molecule has 0 atom stereocenters. The first kappa shape index (κ1) is 15.0. The molecule has 0 aliphatic heterocycles. The van der Waals surface area contributed by atoms with Crippen molar-refractivity contribution in [2.24, 2.45) is 0 Å². The molecule has 0 aliphatic carbocycles. The van der Waals surface area contributed by atoms with Gasteiger partial charge in [-0.2, -0.15) is 0 Å². The maximum atomic E-state index is 9.99. The zero-order chi connectivity index (χ0) is 16.6. The van der Waals surface area contributed by atoms with E-state index in [0.29, 0.717) is 17.2 Å². The lowest BCUT2D eigenvalue weighted by Crippen LogP contribution is -1.99. The number of aromatic hydroxyl groups is 2. The first-order valence-electron chi connectivity index (χ1n) is 7.25. The molecule has 0 spiro atoms. The summed E-state index contributed by atoms with van der Waals surface area (Å²) >= 11 is 0. The van der Waals surface area contributed by atoms with Gasteiger partial charge < -0.3 is 10.2 Å². The Kier molecular flexibility index (Phi) is 3.70. The molecule has 3 aromatic rings. The summed E-state index contributed by atoms with van der Waals surface area (Å²) in [4.78, 5) is 12.9. The largest absolute Gasteiger partial charge is 0.508 e. The van der Waals surface area contributed by atoms with Crippen molar-refractivity contribution in [2.45, 2.75) is 20.8 Å². The number of phenolic OH excluding ortho intramolecular Hbond substituents is 2. The highest BCUT2D eigenvalue weighted by molar-refractivity contribution is 5.69. The Hall–Kier alpha value is -2.95. The first-order chi connectivity index (χ1) is 11.0. The highest BCUT2D eigenvalue weighted by atomic mass is 16.3. The Morgan fingerprint density at radius 2 is 1.48 bits per heavy atom. The first-order valence-corrected chi connectivity index (χ1v) is 7.25. The summed E-state index contributed by atoms with van der Waals surface area (Å²) in [7, 11) is 0. The van der Waals surface area contributed by atoms with Gasteiger partial charge in [-0.3, -0.25) is 0 Å². The normalized spacial score (nSPS) is 10.7. The molecule has 0 bridgehead atoms. The second-order valence-electron chi connectivity index (χ2n) is 5.61. The Morgan fingerprint density at radius 1 is 0.826 bits per heavy atom. The average Bonchev–Trinajstić information content (AvgIpc) is 2.46. The van der Waals surface area contributed by atoms with E-state index in [9.17, 15) is 10.2 Å². The van der Waals surface area contributed by atoms with Crippen LogP contribution in [0.25, 0.3) is 22.8 Å². The van der Waals surface area contributed by atoms with Gasteiger partial charge in [0.15, 0.2) is 11.6 Å². The van der Waals surface area contributed by atoms with Crippen LogP contribution in [-0.4, -0.2) is 25.2 Å². The Balaban J connectivity index is 2.14. The fourth-order valence-corrected chi connectivity index (χ4v) is 2.79. The van der Waals surface area contributed by atoms with Gasteiger partial charge in [-0.05, 0) is 44.0 Å². The van der Waals surface area contributed by atoms with Crippen LogP contribution in [0, 0.1) is 20.8 Å². The van der Waals surface area contributed by atoms with Gasteiger partial charge in [0.05, 0.1) is 5.56 Å². The lowest BCUT2D eigenvalue weighted by molar-refractivity contribution is 0.451. The highest BCUT2D eigenvalue weighted by Gasteiger charge is 2.13. The number of phenols is 2. The van der Waals surface area contributed by atoms with E-state index in [1.54, 1.807) is 6.07 Å². The number of nitrogens with zero attached hydrogens (tertiary/aromatic N) is 3. The average molecular weight is 307 g/mol. The third-order valence-corrected chi connectivity index (χ3v) is 3.69. The molecular formula is C18H17N3O2. The molecule has 2 N–H and O–H groups in total. The summed E-state index contributed by atoms with van der Waals surface area (Å²) in [6.45, 7) is 6.10. The summed E-state index contributed by atoms with van der Waals surface area (Å²) in [5.41, 5.74) is 4.80. The maximum absolute atomic E-state index is 9.99. The molecule has 23 heavy (non-hydrogen) atoms. The van der Waals surface area contributed by atoms with Gasteiger partial charge in [0, 0.05) is 11.6 Å². The van der Waals surface area contributed by atoms with Crippen LogP contribution in [0.2, 0.25) is 0 Å². The van der Waals surface area contributed by atoms with Crippen LogP contribution in [0.1, 0.15) is 16.7 Å². The van der Waals surface area contributed by atoms with Crippen LogP contribution in [0.3, 0.4) is 0 Å². The summed E-state index contributed by atoms with van der Waals surface area (Å²) in [6.07, 6.45) is 1.43. The number of aryl methyl sites for hydroxylation is 3. The van der Waals surface area contributed by atoms with E-state index < -0.39 is 0 Å². The van der Waals surface area contributed by atoms with Crippen molar-refractivity contribution in [2.75, 3.05) is 0 Å².